The lowest BCUT2D eigenvalue weighted by molar-refractivity contribution is 0.101. The normalized spacial score (nSPS) is 10.9. The molecular formula is C19H19N3O4. The molecule has 0 aliphatic rings. The predicted octanol–water partition coefficient (Wildman–Crippen LogP) is 4.02. The molecule has 0 bridgehead atoms. The highest BCUT2D eigenvalue weighted by Gasteiger charge is 2.13. The molecule has 3 aromatic rings. The fraction of sp³-hybridized carbons (Fsp3) is 0.211. The van der Waals surface area contributed by atoms with Gasteiger partial charge < -0.3 is 15.1 Å². The van der Waals surface area contributed by atoms with E-state index in [2.05, 4.69) is 10.6 Å². The molecule has 7 heteroatoms. The van der Waals surface area contributed by atoms with Crippen LogP contribution in [0.2, 0.25) is 0 Å². The third kappa shape index (κ3) is 3.51. The molecule has 26 heavy (non-hydrogen) atoms. The molecule has 0 aliphatic heterocycles. The van der Waals surface area contributed by atoms with Gasteiger partial charge in [-0.2, -0.15) is 0 Å². The molecule has 7 nitrogen and oxygen atoms in total. The van der Waals surface area contributed by atoms with E-state index in [1.807, 2.05) is 13.8 Å². The zero-order valence-electron chi connectivity index (χ0n) is 14.7. The van der Waals surface area contributed by atoms with Crippen LogP contribution in [0.25, 0.3) is 11.1 Å². The number of hydrogen-bond acceptors (Lipinski definition) is 4. The Balaban J connectivity index is 1.75. The largest absolute Gasteiger partial charge is 0.420 e. The number of benzene rings is 2. The molecule has 0 fully saturated rings. The summed E-state index contributed by atoms with van der Waals surface area (Å²) < 4.78 is 6.79. The van der Waals surface area contributed by atoms with Gasteiger partial charge in [0.2, 0.25) is 0 Å². The first kappa shape index (κ1) is 17.5. The average molecular weight is 353 g/mol. The molecule has 1 heterocycles. The topological polar surface area (TPSA) is 93.3 Å². The van der Waals surface area contributed by atoms with E-state index < -0.39 is 11.8 Å². The van der Waals surface area contributed by atoms with Crippen LogP contribution in [0.4, 0.5) is 16.2 Å². The Labute approximate surface area is 149 Å². The number of rotatable bonds is 4. The van der Waals surface area contributed by atoms with Gasteiger partial charge in [-0.3, -0.25) is 9.36 Å². The van der Waals surface area contributed by atoms with E-state index in [1.54, 1.807) is 47.0 Å². The van der Waals surface area contributed by atoms with E-state index >= 15 is 0 Å². The molecule has 0 aliphatic carbocycles. The molecule has 3 rings (SSSR count). The summed E-state index contributed by atoms with van der Waals surface area (Å²) in [5.41, 5.74) is 2.72. The number of ketones is 1. The lowest BCUT2D eigenvalue weighted by Crippen LogP contribution is -2.19. The van der Waals surface area contributed by atoms with Crippen molar-refractivity contribution in [1.82, 2.24) is 4.57 Å². The molecule has 0 radical (unpaired) electrons. The van der Waals surface area contributed by atoms with Gasteiger partial charge in [-0.05, 0) is 57.2 Å². The van der Waals surface area contributed by atoms with E-state index in [0.717, 1.165) is 0 Å². The molecule has 0 saturated heterocycles. The molecule has 2 N–H and O–H groups in total. The van der Waals surface area contributed by atoms with Crippen LogP contribution in [-0.4, -0.2) is 16.4 Å². The van der Waals surface area contributed by atoms with Gasteiger partial charge in [0.05, 0.1) is 5.52 Å². The summed E-state index contributed by atoms with van der Waals surface area (Å²) in [7, 11) is 0. The molecule has 1 aromatic heterocycles. The van der Waals surface area contributed by atoms with Crippen molar-refractivity contribution in [2.75, 3.05) is 10.6 Å². The van der Waals surface area contributed by atoms with Gasteiger partial charge in [0.15, 0.2) is 11.4 Å². The second-order valence-corrected chi connectivity index (χ2v) is 6.23. The Morgan fingerprint density at radius 2 is 1.62 bits per heavy atom. The SMILES string of the molecule is CC(=O)c1ccc(NC(=O)Nc2ccc3c(c2)oc(=O)n3C(C)C)cc1. The summed E-state index contributed by atoms with van der Waals surface area (Å²) >= 11 is 0. The minimum atomic E-state index is -0.439. The number of anilines is 2. The number of Topliss-reactive ketones (excluding diaryl/α,β-unsaturated/α-hetero) is 1. The quantitative estimate of drug-likeness (QED) is 0.693. The molecule has 0 saturated carbocycles. The number of carbonyl (C=O) groups is 2. The summed E-state index contributed by atoms with van der Waals surface area (Å²) in [6.07, 6.45) is 0. The van der Waals surface area contributed by atoms with Crippen LogP contribution in [0.1, 0.15) is 37.2 Å². The van der Waals surface area contributed by atoms with Crippen LogP contribution in [0, 0.1) is 0 Å². The summed E-state index contributed by atoms with van der Waals surface area (Å²) in [6.45, 7) is 5.27. The second-order valence-electron chi connectivity index (χ2n) is 6.23. The number of amides is 2. The predicted molar refractivity (Wildman–Crippen MR) is 99.9 cm³/mol. The van der Waals surface area contributed by atoms with Gasteiger partial charge >= 0.3 is 11.8 Å². The first-order chi connectivity index (χ1) is 12.3. The smallest absolute Gasteiger partial charge is 0.408 e. The minimum Gasteiger partial charge on any atom is -0.408 e. The van der Waals surface area contributed by atoms with Crippen LogP contribution in [0.5, 0.6) is 0 Å². The van der Waals surface area contributed by atoms with E-state index in [1.165, 1.54) is 6.92 Å². The standard InChI is InChI=1S/C19H19N3O4/c1-11(2)22-16-9-8-15(10-17(16)26-19(22)25)21-18(24)20-14-6-4-13(5-7-14)12(3)23/h4-11H,1-3H3,(H2,20,21,24). The fourth-order valence-electron chi connectivity index (χ4n) is 2.68. The summed E-state index contributed by atoms with van der Waals surface area (Å²) in [4.78, 5) is 35.3. The van der Waals surface area contributed by atoms with Crippen molar-refractivity contribution in [3.8, 4) is 0 Å². The number of oxazole rings is 1. The van der Waals surface area contributed by atoms with Crippen LogP contribution < -0.4 is 16.4 Å². The van der Waals surface area contributed by atoms with Gasteiger partial charge in [0.25, 0.3) is 0 Å². The highest BCUT2D eigenvalue weighted by Crippen LogP contribution is 2.21. The Bertz CT molecular complexity index is 1030. The van der Waals surface area contributed by atoms with Gasteiger partial charge in [-0.15, -0.1) is 0 Å². The van der Waals surface area contributed by atoms with Crippen LogP contribution in [-0.2, 0) is 0 Å². The van der Waals surface area contributed by atoms with E-state index in [-0.39, 0.29) is 11.8 Å². The fourth-order valence-corrected chi connectivity index (χ4v) is 2.68. The summed E-state index contributed by atoms with van der Waals surface area (Å²) in [5, 5.41) is 5.37. The average Bonchev–Trinajstić information content (AvgIpc) is 2.90. The molecule has 134 valence electrons. The Kier molecular flexibility index (Phi) is 4.62. The third-order valence-electron chi connectivity index (χ3n) is 3.94. The number of urea groups is 1. The van der Waals surface area contributed by atoms with Crippen LogP contribution in [0.3, 0.4) is 0 Å². The van der Waals surface area contributed by atoms with Gasteiger partial charge in [0, 0.05) is 29.0 Å². The van der Waals surface area contributed by atoms with Crippen molar-refractivity contribution in [2.45, 2.75) is 26.8 Å². The lowest BCUT2D eigenvalue weighted by atomic mass is 10.1. The number of aromatic nitrogens is 1. The zero-order chi connectivity index (χ0) is 18.8. The highest BCUT2D eigenvalue weighted by atomic mass is 16.4. The highest BCUT2D eigenvalue weighted by molar-refractivity contribution is 6.01. The maximum absolute atomic E-state index is 12.1. The summed E-state index contributed by atoms with van der Waals surface area (Å²) in [6, 6.07) is 11.2. The Hall–Kier alpha value is -3.35. The monoisotopic (exact) mass is 353 g/mol. The maximum atomic E-state index is 12.1. The third-order valence-corrected chi connectivity index (χ3v) is 3.94. The van der Waals surface area contributed by atoms with Gasteiger partial charge in [0.1, 0.15) is 0 Å². The molecule has 0 atom stereocenters. The van der Waals surface area contributed by atoms with Gasteiger partial charge in [-0.1, -0.05) is 0 Å². The molecule has 2 aromatic carbocycles. The second kappa shape index (κ2) is 6.87. The number of fused-ring (bicyclic) bond motifs is 1. The maximum Gasteiger partial charge on any atom is 0.420 e. The van der Waals surface area contributed by atoms with Gasteiger partial charge in [-0.25, -0.2) is 9.59 Å². The van der Waals surface area contributed by atoms with E-state index in [4.69, 9.17) is 4.42 Å². The molecule has 2 amide bonds. The Morgan fingerprint density at radius 1 is 1.00 bits per heavy atom. The van der Waals surface area contributed by atoms with E-state index in [9.17, 15) is 14.4 Å². The van der Waals surface area contributed by atoms with Crippen molar-refractivity contribution in [2.24, 2.45) is 0 Å². The van der Waals surface area contributed by atoms with Crippen molar-refractivity contribution < 1.29 is 14.0 Å². The van der Waals surface area contributed by atoms with Crippen molar-refractivity contribution in [3.63, 3.8) is 0 Å². The van der Waals surface area contributed by atoms with Crippen LogP contribution >= 0.6 is 0 Å². The molecule has 0 unspecified atom stereocenters. The first-order valence-corrected chi connectivity index (χ1v) is 8.19. The lowest BCUT2D eigenvalue weighted by Gasteiger charge is -2.09. The minimum absolute atomic E-state index is 0.0242. The number of nitrogens with zero attached hydrogens (tertiary/aromatic N) is 1. The zero-order valence-corrected chi connectivity index (χ0v) is 14.7. The van der Waals surface area contributed by atoms with Crippen LogP contribution in [0.15, 0.2) is 51.7 Å². The molecular weight excluding hydrogens is 334 g/mol. The molecule has 0 spiro atoms. The number of hydrogen-bond donors (Lipinski definition) is 2. The first-order valence-electron chi connectivity index (χ1n) is 8.19. The summed E-state index contributed by atoms with van der Waals surface area (Å²) in [5.74, 6) is -0.466. The van der Waals surface area contributed by atoms with Crippen molar-refractivity contribution >= 4 is 34.3 Å². The van der Waals surface area contributed by atoms with Crippen molar-refractivity contribution in [3.05, 3.63) is 58.6 Å². The van der Waals surface area contributed by atoms with Crippen molar-refractivity contribution in [1.29, 1.82) is 0 Å². The van der Waals surface area contributed by atoms with E-state index in [0.29, 0.717) is 28.0 Å². The Morgan fingerprint density at radius 3 is 2.23 bits per heavy atom. The number of nitrogens with one attached hydrogen (secondary N) is 2. The number of carbonyl (C=O) groups excluding carboxylic acids is 2.